The minimum absolute atomic E-state index is 0.114. The first-order valence-corrected chi connectivity index (χ1v) is 16.7. The Labute approximate surface area is 247 Å². The van der Waals surface area contributed by atoms with Crippen LogP contribution < -0.4 is 5.73 Å². The molecule has 3 aliphatic heterocycles. The molecular weight excluding hydrogens is 628 g/mol. The predicted molar refractivity (Wildman–Crippen MR) is 148 cm³/mol. The van der Waals surface area contributed by atoms with E-state index >= 15 is 0 Å². The van der Waals surface area contributed by atoms with E-state index < -0.39 is 52.2 Å². The summed E-state index contributed by atoms with van der Waals surface area (Å²) in [5.41, 5.74) is 8.43. The molecule has 8 rings (SSSR count). The molecule has 0 bridgehead atoms. The van der Waals surface area contributed by atoms with Gasteiger partial charge in [0.05, 0.1) is 38.1 Å². The molecule has 0 saturated carbocycles. The van der Waals surface area contributed by atoms with Crippen LogP contribution in [0.4, 0.5) is 5.82 Å². The molecule has 5 aromatic rings. The molecule has 6 unspecified atom stereocenters. The first kappa shape index (κ1) is 27.7. The van der Waals surface area contributed by atoms with Crippen molar-refractivity contribution in [3.05, 3.63) is 31.6 Å². The van der Waals surface area contributed by atoms with Crippen molar-refractivity contribution in [3.8, 4) is 0 Å². The second-order valence-corrected chi connectivity index (χ2v) is 13.7. The van der Waals surface area contributed by atoms with Crippen LogP contribution in [0.5, 0.6) is 0 Å². The molecule has 8 heterocycles. The van der Waals surface area contributed by atoms with E-state index in [1.807, 2.05) is 0 Å². The van der Waals surface area contributed by atoms with E-state index in [9.17, 15) is 9.79 Å². The topological polar surface area (TPSA) is 226 Å². The lowest BCUT2D eigenvalue weighted by atomic mass is 10.2. The number of nitrogen functional groups attached to an aromatic ring is 1. The van der Waals surface area contributed by atoms with Crippen LogP contribution >= 0.6 is 15.3 Å². The average Bonchev–Trinajstić information content (AvgIpc) is 3.79. The number of fused-ring (bicyclic) bond motifs is 6. The van der Waals surface area contributed by atoms with E-state index in [0.29, 0.717) is 28.0 Å². The second kappa shape index (κ2) is 10.6. The molecule has 0 spiro atoms. The maximum absolute atomic E-state index is 11.0. The highest BCUT2D eigenvalue weighted by atomic mass is 32.5. The van der Waals surface area contributed by atoms with Crippen LogP contribution in [-0.2, 0) is 39.4 Å². The largest absolute Gasteiger partial charge is 0.382 e. The van der Waals surface area contributed by atoms with Gasteiger partial charge in [-0.05, 0) is 11.8 Å². The van der Waals surface area contributed by atoms with Gasteiger partial charge in [0.2, 0.25) is 0 Å². The van der Waals surface area contributed by atoms with E-state index in [1.165, 1.54) is 29.8 Å². The van der Waals surface area contributed by atoms with Crippen molar-refractivity contribution in [2.45, 2.75) is 49.7 Å². The molecule has 226 valence electrons. The van der Waals surface area contributed by atoms with Crippen LogP contribution in [0, 0.1) is 0 Å². The minimum atomic E-state index is -3.79. The zero-order valence-corrected chi connectivity index (χ0v) is 24.5. The molecule has 4 N–H and O–H groups in total. The number of hydrogen-bond acceptors (Lipinski definition) is 16. The predicted octanol–water partition coefficient (Wildman–Crippen LogP) is 0.724. The van der Waals surface area contributed by atoms with Gasteiger partial charge < -0.3 is 43.1 Å². The van der Waals surface area contributed by atoms with E-state index in [1.54, 1.807) is 15.5 Å². The monoisotopic (exact) mass is 651 g/mol. The number of ether oxygens (including phenoxy) is 2. The number of nitrogens with zero attached hydrogens (tertiary/aromatic N) is 10. The molecule has 3 saturated heterocycles. The van der Waals surface area contributed by atoms with Gasteiger partial charge >= 0.3 is 15.3 Å². The van der Waals surface area contributed by atoms with E-state index in [0.717, 1.165) is 0 Å². The van der Waals surface area contributed by atoms with Gasteiger partial charge in [0.25, 0.3) is 0 Å². The molecule has 19 nitrogen and oxygen atoms in total. The summed E-state index contributed by atoms with van der Waals surface area (Å²) >= 11 is 5.37. The lowest BCUT2D eigenvalue weighted by Crippen LogP contribution is -2.32. The van der Waals surface area contributed by atoms with Gasteiger partial charge in [0.15, 0.2) is 28.3 Å². The Bertz CT molecular complexity index is 1870. The summed E-state index contributed by atoms with van der Waals surface area (Å²) in [6.07, 6.45) is 3.85. The van der Waals surface area contributed by atoms with Gasteiger partial charge in [0.1, 0.15) is 49.2 Å². The Morgan fingerprint density at radius 1 is 0.837 bits per heavy atom. The van der Waals surface area contributed by atoms with Crippen LogP contribution in [0.25, 0.3) is 28.0 Å². The van der Waals surface area contributed by atoms with Gasteiger partial charge in [-0.2, -0.15) is 5.10 Å². The first-order valence-electron chi connectivity index (χ1n) is 13.0. The average molecular weight is 651 g/mol. The number of imidazole rings is 2. The third kappa shape index (κ3) is 4.98. The number of anilines is 1. The van der Waals surface area contributed by atoms with Crippen LogP contribution in [0.15, 0.2) is 31.6 Å². The highest BCUT2D eigenvalue weighted by molar-refractivity contribution is 8.07. The van der Waals surface area contributed by atoms with Gasteiger partial charge in [-0.15, -0.1) is 0 Å². The van der Waals surface area contributed by atoms with Crippen molar-refractivity contribution in [1.29, 1.82) is 0 Å². The first-order chi connectivity index (χ1) is 20.8. The van der Waals surface area contributed by atoms with Gasteiger partial charge in [0, 0.05) is 12.8 Å². The molecule has 43 heavy (non-hydrogen) atoms. The summed E-state index contributed by atoms with van der Waals surface area (Å²) in [6, 6.07) is 0. The Morgan fingerprint density at radius 3 is 2.35 bits per heavy atom. The Hall–Kier alpha value is -2.87. The normalized spacial score (nSPS) is 33.9. The fourth-order valence-electron chi connectivity index (χ4n) is 5.46. The summed E-state index contributed by atoms with van der Waals surface area (Å²) < 4.78 is 40.6. The summed E-state index contributed by atoms with van der Waals surface area (Å²) in [5.74, 6) is 0.235. The van der Waals surface area contributed by atoms with Gasteiger partial charge in [-0.25, -0.2) is 34.4 Å². The van der Waals surface area contributed by atoms with Crippen molar-refractivity contribution in [2.24, 2.45) is 0 Å². The van der Waals surface area contributed by atoms with Crippen molar-refractivity contribution >= 4 is 60.9 Å². The molecule has 3 aliphatic rings. The SMILES string of the molecule is Nc1ncnc2c1ncn2C1C[C@@H]2OP(O)OCC3OC(n4cnc5c4ncn4ncnc54)C[C@@H]3OP(O)(=S)OCC2O1. The third-order valence-corrected chi connectivity index (χ3v) is 9.86. The second-order valence-electron chi connectivity index (χ2n) is 10.00. The van der Waals surface area contributed by atoms with Crippen molar-refractivity contribution < 1.29 is 37.4 Å². The lowest BCUT2D eigenvalue weighted by molar-refractivity contribution is -0.0574. The number of nitrogens with two attached hydrogens (primary N) is 1. The zero-order valence-electron chi connectivity index (χ0n) is 21.9. The van der Waals surface area contributed by atoms with E-state index in [2.05, 4.69) is 35.0 Å². The molecule has 0 aliphatic carbocycles. The van der Waals surface area contributed by atoms with Crippen molar-refractivity contribution in [1.82, 2.24) is 48.7 Å². The fraction of sp³-hybridized carbons (Fsp3) is 0.476. The summed E-state index contributed by atoms with van der Waals surface area (Å²) in [7, 11) is -2.35. The molecule has 5 aromatic heterocycles. The molecular formula is C21H23N11O8P2S. The standard InChI is InChI=1S/C21H23N11O8P2S/c22-18-16-19(24-5-23-18)30(7-26-16)14-1-10-13(38-14)4-36-42(34,43)40-11-2-15(37-12(11)3-35-41(33)39-10)31-8-27-17-20(31)28-9-32-21(17)25-6-29-32/h5-15,33H,1-4H2,(H,34,43)(H2,22,23,24)/t10-,11-,12?,13?,14?,15?,41?,42?/m0/s1. The quantitative estimate of drug-likeness (QED) is 0.223. The van der Waals surface area contributed by atoms with Crippen LogP contribution in [0.1, 0.15) is 25.3 Å². The number of hydrogen-bond donors (Lipinski definition) is 3. The Balaban J connectivity index is 1.02. The molecule has 8 atom stereocenters. The molecule has 0 radical (unpaired) electrons. The summed E-state index contributed by atoms with van der Waals surface area (Å²) in [4.78, 5) is 47.4. The number of rotatable bonds is 2. The maximum atomic E-state index is 11.0. The number of aromatic nitrogens is 10. The minimum Gasteiger partial charge on any atom is -0.382 e. The molecule has 0 amide bonds. The fourth-order valence-corrected chi connectivity index (χ4v) is 7.73. The van der Waals surface area contributed by atoms with Crippen LogP contribution in [0.3, 0.4) is 0 Å². The highest BCUT2D eigenvalue weighted by Crippen LogP contribution is 2.51. The molecule has 3 fully saturated rings. The van der Waals surface area contributed by atoms with Crippen LogP contribution in [-0.4, -0.2) is 96.1 Å². The van der Waals surface area contributed by atoms with Gasteiger partial charge in [-0.3, -0.25) is 9.13 Å². The van der Waals surface area contributed by atoms with Crippen molar-refractivity contribution in [3.63, 3.8) is 0 Å². The lowest BCUT2D eigenvalue weighted by Gasteiger charge is -2.28. The summed E-state index contributed by atoms with van der Waals surface area (Å²) in [6.45, 7) is -4.07. The van der Waals surface area contributed by atoms with Gasteiger partial charge in [-0.1, -0.05) is 0 Å². The Kier molecular flexibility index (Phi) is 6.84. The zero-order chi connectivity index (χ0) is 29.3. The van der Waals surface area contributed by atoms with Crippen molar-refractivity contribution in [2.75, 3.05) is 18.9 Å². The molecule has 0 aromatic carbocycles. The smallest absolute Gasteiger partial charge is 0.330 e. The summed E-state index contributed by atoms with van der Waals surface area (Å²) in [5, 5.41) is 4.08. The highest BCUT2D eigenvalue weighted by Gasteiger charge is 2.45. The Morgan fingerprint density at radius 2 is 1.53 bits per heavy atom. The maximum Gasteiger partial charge on any atom is 0.330 e. The van der Waals surface area contributed by atoms with E-state index in [4.69, 9.17) is 45.1 Å². The molecule has 22 heteroatoms. The van der Waals surface area contributed by atoms with Crippen LogP contribution in [0.2, 0.25) is 0 Å². The third-order valence-electron chi connectivity index (χ3n) is 7.46. The van der Waals surface area contributed by atoms with E-state index in [-0.39, 0.29) is 31.9 Å².